The highest BCUT2D eigenvalue weighted by atomic mass is 19.1. The molecule has 1 heterocycles. The summed E-state index contributed by atoms with van der Waals surface area (Å²) in [6.45, 7) is 1.30. The maximum absolute atomic E-state index is 14.1. The van der Waals surface area contributed by atoms with E-state index in [-0.39, 0.29) is 5.82 Å². The summed E-state index contributed by atoms with van der Waals surface area (Å²) in [4.78, 5) is 0. The monoisotopic (exact) mass is 300 g/mol. The first-order valence-corrected chi connectivity index (χ1v) is 7.69. The fourth-order valence-electron chi connectivity index (χ4n) is 3.16. The second kappa shape index (κ2) is 6.59. The van der Waals surface area contributed by atoms with E-state index in [1.807, 2.05) is 18.2 Å². The van der Waals surface area contributed by atoms with E-state index in [4.69, 9.17) is 9.47 Å². The number of methoxy groups -OCH3 is 1. The molecular weight excluding hydrogens is 279 g/mol. The van der Waals surface area contributed by atoms with Gasteiger partial charge in [0.25, 0.3) is 0 Å². The van der Waals surface area contributed by atoms with Gasteiger partial charge in [-0.05, 0) is 35.2 Å². The molecule has 0 aliphatic carbocycles. The number of halogens is 1. The lowest BCUT2D eigenvalue weighted by molar-refractivity contribution is -0.0949. The summed E-state index contributed by atoms with van der Waals surface area (Å²) in [5.41, 5.74) is 2.65. The minimum Gasteiger partial charge on any atom is -0.381 e. The topological polar surface area (TPSA) is 18.5 Å². The van der Waals surface area contributed by atoms with Crippen LogP contribution in [0.2, 0.25) is 0 Å². The van der Waals surface area contributed by atoms with Crippen LogP contribution in [0.5, 0.6) is 0 Å². The van der Waals surface area contributed by atoms with Gasteiger partial charge in [0.15, 0.2) is 0 Å². The molecule has 0 aromatic heterocycles. The van der Waals surface area contributed by atoms with E-state index in [0.717, 1.165) is 30.4 Å². The van der Waals surface area contributed by atoms with E-state index in [1.54, 1.807) is 19.2 Å². The van der Waals surface area contributed by atoms with Gasteiger partial charge in [-0.1, -0.05) is 36.4 Å². The Balaban J connectivity index is 1.92. The molecule has 0 unspecified atom stereocenters. The molecule has 3 heteroatoms. The van der Waals surface area contributed by atoms with E-state index in [1.165, 1.54) is 5.56 Å². The lowest BCUT2D eigenvalue weighted by Gasteiger charge is -2.36. The van der Waals surface area contributed by atoms with Crippen LogP contribution in [0.25, 0.3) is 0 Å². The largest absolute Gasteiger partial charge is 0.381 e. The van der Waals surface area contributed by atoms with Crippen LogP contribution in [0.15, 0.2) is 48.5 Å². The van der Waals surface area contributed by atoms with Crippen LogP contribution in [-0.2, 0) is 21.5 Å². The van der Waals surface area contributed by atoms with Gasteiger partial charge in [0.2, 0.25) is 0 Å². The van der Waals surface area contributed by atoms with Crippen molar-refractivity contribution in [2.45, 2.75) is 24.9 Å². The molecule has 1 aliphatic heterocycles. The summed E-state index contributed by atoms with van der Waals surface area (Å²) in [6.07, 6.45) is 2.25. The van der Waals surface area contributed by atoms with Crippen molar-refractivity contribution in [3.05, 3.63) is 71.0 Å². The zero-order chi connectivity index (χ0) is 15.4. The van der Waals surface area contributed by atoms with E-state index < -0.39 is 5.60 Å². The first-order valence-electron chi connectivity index (χ1n) is 7.69. The molecule has 0 saturated carbocycles. The Bertz CT molecular complexity index is 619. The highest BCUT2D eigenvalue weighted by Gasteiger charge is 2.35. The molecule has 0 atom stereocenters. The lowest BCUT2D eigenvalue weighted by Crippen LogP contribution is -2.35. The first kappa shape index (κ1) is 15.2. The number of benzene rings is 2. The molecule has 0 spiro atoms. The third-order valence-corrected chi connectivity index (χ3v) is 4.43. The van der Waals surface area contributed by atoms with Gasteiger partial charge in [-0.15, -0.1) is 0 Å². The fourth-order valence-corrected chi connectivity index (χ4v) is 3.16. The summed E-state index contributed by atoms with van der Waals surface area (Å²) in [5.74, 6) is -0.202. The molecule has 0 radical (unpaired) electrons. The van der Waals surface area contributed by atoms with Crippen molar-refractivity contribution < 1.29 is 13.9 Å². The Morgan fingerprint density at radius 3 is 2.45 bits per heavy atom. The molecule has 0 amide bonds. The predicted octanol–water partition coefficient (Wildman–Crippen LogP) is 4.07. The highest BCUT2D eigenvalue weighted by molar-refractivity contribution is 5.33. The van der Waals surface area contributed by atoms with Crippen molar-refractivity contribution in [2.75, 3.05) is 20.3 Å². The maximum atomic E-state index is 14.1. The number of rotatable bonds is 4. The van der Waals surface area contributed by atoms with E-state index >= 15 is 0 Å². The van der Waals surface area contributed by atoms with Crippen molar-refractivity contribution in [2.24, 2.45) is 0 Å². The van der Waals surface area contributed by atoms with Gasteiger partial charge >= 0.3 is 0 Å². The quantitative estimate of drug-likeness (QED) is 0.847. The third kappa shape index (κ3) is 3.21. The van der Waals surface area contributed by atoms with Crippen molar-refractivity contribution in [1.29, 1.82) is 0 Å². The van der Waals surface area contributed by atoms with Crippen molar-refractivity contribution >= 4 is 0 Å². The fraction of sp³-hybridized carbons (Fsp3) is 0.368. The number of ether oxygens (including phenoxy) is 2. The van der Waals surface area contributed by atoms with Gasteiger partial charge < -0.3 is 9.47 Å². The SMILES string of the molecule is COC1(c2cc(F)cc(Cc3ccccc3)c2)CCOCC1. The summed E-state index contributed by atoms with van der Waals surface area (Å²) in [6, 6.07) is 15.4. The van der Waals surface area contributed by atoms with Crippen LogP contribution in [-0.4, -0.2) is 20.3 Å². The zero-order valence-electron chi connectivity index (χ0n) is 12.8. The standard InChI is InChI=1S/C19H21FO2/c1-21-19(7-9-22-10-8-19)17-12-16(13-18(20)14-17)11-15-5-3-2-4-6-15/h2-6,12-14H,7-11H2,1H3. The van der Waals surface area contributed by atoms with Crippen LogP contribution < -0.4 is 0 Å². The molecular formula is C19H21FO2. The third-order valence-electron chi connectivity index (χ3n) is 4.43. The maximum Gasteiger partial charge on any atom is 0.123 e. The molecule has 1 fully saturated rings. The molecule has 3 rings (SSSR count). The minimum atomic E-state index is -0.425. The highest BCUT2D eigenvalue weighted by Crippen LogP contribution is 2.36. The molecule has 22 heavy (non-hydrogen) atoms. The summed E-state index contributed by atoms with van der Waals surface area (Å²) in [5, 5.41) is 0. The average molecular weight is 300 g/mol. The van der Waals surface area contributed by atoms with Crippen LogP contribution in [0, 0.1) is 5.82 Å². The molecule has 0 N–H and O–H groups in total. The molecule has 2 aromatic rings. The Kier molecular flexibility index (Phi) is 4.55. The van der Waals surface area contributed by atoms with Crippen molar-refractivity contribution in [3.8, 4) is 0 Å². The Labute approximate surface area is 130 Å². The lowest BCUT2D eigenvalue weighted by atomic mass is 9.84. The van der Waals surface area contributed by atoms with Crippen LogP contribution in [0.3, 0.4) is 0 Å². The van der Waals surface area contributed by atoms with E-state index in [0.29, 0.717) is 13.2 Å². The summed E-state index contributed by atoms with van der Waals surface area (Å²) in [7, 11) is 1.70. The molecule has 2 nitrogen and oxygen atoms in total. The molecule has 116 valence electrons. The smallest absolute Gasteiger partial charge is 0.123 e. The van der Waals surface area contributed by atoms with Gasteiger partial charge in [0, 0.05) is 33.2 Å². The number of hydrogen-bond donors (Lipinski definition) is 0. The van der Waals surface area contributed by atoms with Crippen LogP contribution in [0.4, 0.5) is 4.39 Å². The van der Waals surface area contributed by atoms with Crippen LogP contribution >= 0.6 is 0 Å². The Hall–Kier alpha value is -1.71. The molecule has 1 aliphatic rings. The second-order valence-electron chi connectivity index (χ2n) is 5.82. The molecule has 1 saturated heterocycles. The Morgan fingerprint density at radius 1 is 1.05 bits per heavy atom. The van der Waals surface area contributed by atoms with Gasteiger partial charge in [-0.2, -0.15) is 0 Å². The Morgan fingerprint density at radius 2 is 1.77 bits per heavy atom. The summed E-state index contributed by atoms with van der Waals surface area (Å²) < 4.78 is 25.3. The first-order chi connectivity index (χ1) is 10.7. The number of hydrogen-bond acceptors (Lipinski definition) is 2. The van der Waals surface area contributed by atoms with E-state index in [2.05, 4.69) is 18.2 Å². The summed E-state index contributed by atoms with van der Waals surface area (Å²) >= 11 is 0. The van der Waals surface area contributed by atoms with Crippen molar-refractivity contribution in [1.82, 2.24) is 0 Å². The molecule has 2 aromatic carbocycles. The van der Waals surface area contributed by atoms with Crippen molar-refractivity contribution in [3.63, 3.8) is 0 Å². The van der Waals surface area contributed by atoms with Gasteiger partial charge in [0.1, 0.15) is 5.82 Å². The minimum absolute atomic E-state index is 0.202. The van der Waals surface area contributed by atoms with Gasteiger partial charge in [-0.25, -0.2) is 4.39 Å². The predicted molar refractivity (Wildman–Crippen MR) is 84.4 cm³/mol. The second-order valence-corrected chi connectivity index (χ2v) is 5.82. The average Bonchev–Trinajstić information content (AvgIpc) is 2.56. The zero-order valence-corrected chi connectivity index (χ0v) is 12.8. The molecule has 0 bridgehead atoms. The van der Waals surface area contributed by atoms with Gasteiger partial charge in [-0.3, -0.25) is 0 Å². The normalized spacial score (nSPS) is 17.4. The van der Waals surface area contributed by atoms with Crippen LogP contribution in [0.1, 0.15) is 29.5 Å². The van der Waals surface area contributed by atoms with Gasteiger partial charge in [0.05, 0.1) is 5.60 Å². The van der Waals surface area contributed by atoms with E-state index in [9.17, 15) is 4.39 Å².